The summed E-state index contributed by atoms with van der Waals surface area (Å²) in [6.45, 7) is 2.74. The van der Waals surface area contributed by atoms with E-state index in [4.69, 9.17) is 10.7 Å². The zero-order chi connectivity index (χ0) is 15.6. The molecule has 1 aliphatic rings. The van der Waals surface area contributed by atoms with E-state index in [0.29, 0.717) is 16.6 Å². The minimum Gasteiger partial charge on any atom is -0.336 e. The van der Waals surface area contributed by atoms with Gasteiger partial charge in [-0.3, -0.25) is 4.79 Å². The molecule has 1 unspecified atom stereocenters. The molecule has 1 heterocycles. The molecule has 4 nitrogen and oxygen atoms in total. The zero-order valence-corrected chi connectivity index (χ0v) is 14.8. The Morgan fingerprint density at radius 2 is 2.05 bits per heavy atom. The van der Waals surface area contributed by atoms with Crippen LogP contribution in [0.2, 0.25) is 0 Å². The predicted molar refractivity (Wildman–Crippen MR) is 86.1 cm³/mol. The highest BCUT2D eigenvalue weighted by Gasteiger charge is 2.25. The minimum absolute atomic E-state index is 0.0718. The molecule has 21 heavy (non-hydrogen) atoms. The summed E-state index contributed by atoms with van der Waals surface area (Å²) in [5.74, 6) is -0.140. The Kier molecular flexibility index (Phi) is 5.33. The molecule has 1 fully saturated rings. The van der Waals surface area contributed by atoms with Gasteiger partial charge in [-0.25, -0.2) is 8.42 Å². The molecule has 0 N–H and O–H groups in total. The van der Waals surface area contributed by atoms with Crippen molar-refractivity contribution in [3.63, 3.8) is 0 Å². The van der Waals surface area contributed by atoms with Gasteiger partial charge in [0.2, 0.25) is 0 Å². The van der Waals surface area contributed by atoms with Crippen LogP contribution in [-0.2, 0) is 9.05 Å². The maximum absolute atomic E-state index is 12.6. The number of hydrogen-bond donors (Lipinski definition) is 0. The van der Waals surface area contributed by atoms with E-state index in [1.54, 1.807) is 12.1 Å². The minimum atomic E-state index is -3.89. The monoisotopic (exact) mass is 393 g/mol. The molecule has 0 spiro atoms. The summed E-state index contributed by atoms with van der Waals surface area (Å²) in [5.41, 5.74) is 0.353. The molecule has 0 aromatic heterocycles. The summed E-state index contributed by atoms with van der Waals surface area (Å²) in [7, 11) is 1.51. The Hall–Kier alpha value is -0.590. The van der Waals surface area contributed by atoms with Crippen molar-refractivity contribution in [1.82, 2.24) is 4.90 Å². The Labute approximate surface area is 138 Å². The first-order chi connectivity index (χ1) is 9.80. The van der Waals surface area contributed by atoms with Crippen molar-refractivity contribution in [1.29, 1.82) is 0 Å². The molecule has 0 saturated carbocycles. The SMILES string of the molecule is CC1CCCCCN1C(=O)c1ccc(Br)c(S(=O)(=O)Cl)c1. The van der Waals surface area contributed by atoms with Crippen LogP contribution in [0.3, 0.4) is 0 Å². The average molecular weight is 395 g/mol. The van der Waals surface area contributed by atoms with Gasteiger partial charge in [-0.1, -0.05) is 12.8 Å². The summed E-state index contributed by atoms with van der Waals surface area (Å²) in [6.07, 6.45) is 4.19. The lowest BCUT2D eigenvalue weighted by Gasteiger charge is -2.27. The second-order valence-electron chi connectivity index (χ2n) is 5.28. The van der Waals surface area contributed by atoms with Gasteiger partial charge in [0.1, 0.15) is 0 Å². The summed E-state index contributed by atoms with van der Waals surface area (Å²) in [5, 5.41) is 0. The molecule has 0 aliphatic carbocycles. The molecule has 116 valence electrons. The third-order valence-corrected chi connectivity index (χ3v) is 6.07. The number of rotatable bonds is 2. The van der Waals surface area contributed by atoms with Gasteiger partial charge < -0.3 is 4.90 Å². The lowest BCUT2D eigenvalue weighted by molar-refractivity contribution is 0.0697. The third kappa shape index (κ3) is 3.99. The van der Waals surface area contributed by atoms with Crippen LogP contribution < -0.4 is 0 Å². The standard InChI is InChI=1S/C14H17BrClNO3S/c1-10-5-3-2-4-8-17(10)14(18)11-6-7-12(15)13(9-11)21(16,19)20/h6-7,9-10H,2-5,8H2,1H3. The largest absolute Gasteiger partial charge is 0.336 e. The topological polar surface area (TPSA) is 54.5 Å². The van der Waals surface area contributed by atoms with Crippen molar-refractivity contribution in [3.05, 3.63) is 28.2 Å². The van der Waals surface area contributed by atoms with Crippen LogP contribution in [0.5, 0.6) is 0 Å². The molecule has 1 aromatic rings. The second kappa shape index (κ2) is 6.67. The summed E-state index contributed by atoms with van der Waals surface area (Å²) in [4.78, 5) is 14.4. The van der Waals surface area contributed by atoms with E-state index in [-0.39, 0.29) is 16.8 Å². The van der Waals surface area contributed by atoms with Crippen molar-refractivity contribution in [2.75, 3.05) is 6.54 Å². The Balaban J connectivity index is 2.35. The normalized spacial score (nSPS) is 20.1. The first kappa shape index (κ1) is 16.8. The van der Waals surface area contributed by atoms with Crippen molar-refractivity contribution >= 4 is 41.6 Å². The number of amides is 1. The van der Waals surface area contributed by atoms with Crippen LogP contribution in [-0.4, -0.2) is 31.8 Å². The summed E-state index contributed by atoms with van der Waals surface area (Å²) < 4.78 is 23.4. The van der Waals surface area contributed by atoms with Gasteiger partial charge in [0, 0.05) is 33.3 Å². The number of likely N-dealkylation sites (tertiary alicyclic amines) is 1. The van der Waals surface area contributed by atoms with Gasteiger partial charge in [0.15, 0.2) is 0 Å². The molecule has 0 radical (unpaired) electrons. The maximum Gasteiger partial charge on any atom is 0.262 e. The summed E-state index contributed by atoms with van der Waals surface area (Å²) >= 11 is 3.15. The molecular weight excluding hydrogens is 378 g/mol. The smallest absolute Gasteiger partial charge is 0.262 e. The second-order valence-corrected chi connectivity index (χ2v) is 8.67. The number of carbonyl (C=O) groups excluding carboxylic acids is 1. The maximum atomic E-state index is 12.6. The highest BCUT2D eigenvalue weighted by Crippen LogP contribution is 2.27. The van der Waals surface area contributed by atoms with Crippen molar-refractivity contribution < 1.29 is 13.2 Å². The van der Waals surface area contributed by atoms with Crippen LogP contribution >= 0.6 is 26.6 Å². The highest BCUT2D eigenvalue weighted by atomic mass is 79.9. The van der Waals surface area contributed by atoms with Crippen LogP contribution in [0.4, 0.5) is 0 Å². The number of nitrogens with zero attached hydrogens (tertiary/aromatic N) is 1. The summed E-state index contributed by atoms with van der Waals surface area (Å²) in [6, 6.07) is 4.67. The average Bonchev–Trinajstić information content (AvgIpc) is 2.62. The molecule has 1 atom stereocenters. The Morgan fingerprint density at radius 1 is 1.33 bits per heavy atom. The first-order valence-electron chi connectivity index (χ1n) is 6.86. The zero-order valence-electron chi connectivity index (χ0n) is 11.7. The Morgan fingerprint density at radius 3 is 2.71 bits per heavy atom. The molecule has 0 bridgehead atoms. The fourth-order valence-corrected chi connectivity index (χ4v) is 4.68. The van der Waals surface area contributed by atoms with Crippen LogP contribution in [0.15, 0.2) is 27.6 Å². The number of carbonyl (C=O) groups is 1. The van der Waals surface area contributed by atoms with Gasteiger partial charge in [0.05, 0.1) is 4.90 Å². The fourth-order valence-electron chi connectivity index (χ4n) is 2.57. The van der Waals surface area contributed by atoms with E-state index in [0.717, 1.165) is 25.7 Å². The quantitative estimate of drug-likeness (QED) is 0.717. The third-order valence-electron chi connectivity index (χ3n) is 3.75. The van der Waals surface area contributed by atoms with Gasteiger partial charge >= 0.3 is 0 Å². The van der Waals surface area contributed by atoms with E-state index in [1.807, 2.05) is 11.8 Å². The fraction of sp³-hybridized carbons (Fsp3) is 0.500. The van der Waals surface area contributed by atoms with E-state index < -0.39 is 9.05 Å². The van der Waals surface area contributed by atoms with Crippen molar-refractivity contribution in [3.8, 4) is 0 Å². The number of benzene rings is 1. The highest BCUT2D eigenvalue weighted by molar-refractivity contribution is 9.10. The molecule has 7 heteroatoms. The van der Waals surface area contributed by atoms with Crippen LogP contribution in [0.1, 0.15) is 43.0 Å². The van der Waals surface area contributed by atoms with E-state index in [9.17, 15) is 13.2 Å². The lowest BCUT2D eigenvalue weighted by Crippen LogP contribution is -2.38. The van der Waals surface area contributed by atoms with E-state index in [2.05, 4.69) is 15.9 Å². The number of halogens is 2. The molecule has 1 aromatic carbocycles. The van der Waals surface area contributed by atoms with Crippen molar-refractivity contribution in [2.45, 2.75) is 43.5 Å². The first-order valence-corrected chi connectivity index (χ1v) is 9.96. The van der Waals surface area contributed by atoms with Gasteiger partial charge in [0.25, 0.3) is 15.0 Å². The molecular formula is C14H17BrClNO3S. The van der Waals surface area contributed by atoms with Gasteiger partial charge in [-0.2, -0.15) is 0 Å². The van der Waals surface area contributed by atoms with Crippen molar-refractivity contribution in [2.24, 2.45) is 0 Å². The predicted octanol–water partition coefficient (Wildman–Crippen LogP) is 3.78. The van der Waals surface area contributed by atoms with Gasteiger partial charge in [-0.05, 0) is 53.9 Å². The molecule has 1 saturated heterocycles. The molecule has 2 rings (SSSR count). The van der Waals surface area contributed by atoms with Crippen LogP contribution in [0, 0.1) is 0 Å². The molecule has 1 amide bonds. The van der Waals surface area contributed by atoms with E-state index in [1.165, 1.54) is 6.07 Å². The Bertz CT molecular complexity index is 648. The van der Waals surface area contributed by atoms with E-state index >= 15 is 0 Å². The lowest BCUT2D eigenvalue weighted by atomic mass is 10.1. The van der Waals surface area contributed by atoms with Crippen LogP contribution in [0.25, 0.3) is 0 Å². The van der Waals surface area contributed by atoms with Gasteiger partial charge in [-0.15, -0.1) is 0 Å². The molecule has 1 aliphatic heterocycles. The number of hydrogen-bond acceptors (Lipinski definition) is 3.